The number of aryl methyl sites for hydroxylation is 2. The summed E-state index contributed by atoms with van der Waals surface area (Å²) in [7, 11) is 0. The van der Waals surface area contributed by atoms with Gasteiger partial charge in [0.25, 0.3) is 0 Å². The summed E-state index contributed by atoms with van der Waals surface area (Å²) in [6.45, 7) is 6.29. The first kappa shape index (κ1) is 33.4. The highest BCUT2D eigenvalue weighted by Crippen LogP contribution is 2.33. The van der Waals surface area contributed by atoms with Gasteiger partial charge < -0.3 is 25.8 Å². The number of alkyl carbamates (subject to hydrolysis) is 1. The fraction of sp³-hybridized carbons (Fsp3) is 0.538. The second-order valence-corrected chi connectivity index (χ2v) is 14.8. The lowest BCUT2D eigenvalue weighted by molar-refractivity contribution is -0.123. The van der Waals surface area contributed by atoms with E-state index in [4.69, 9.17) is 4.74 Å². The molecule has 6 rings (SSSR count). The van der Waals surface area contributed by atoms with Crippen molar-refractivity contribution in [2.45, 2.75) is 115 Å². The monoisotopic (exact) mass is 640 g/mol. The van der Waals surface area contributed by atoms with Crippen molar-refractivity contribution in [1.29, 1.82) is 0 Å². The number of amides is 2. The van der Waals surface area contributed by atoms with Crippen LogP contribution >= 0.6 is 0 Å². The molecule has 4 aliphatic rings. The Labute approximate surface area is 279 Å². The summed E-state index contributed by atoms with van der Waals surface area (Å²) in [6, 6.07) is 16.2. The molecule has 0 radical (unpaired) electrons. The molecule has 8 heteroatoms. The first-order valence-electron chi connectivity index (χ1n) is 17.6. The van der Waals surface area contributed by atoms with E-state index in [0.29, 0.717) is 6.42 Å². The van der Waals surface area contributed by atoms with Crippen LogP contribution in [0.25, 0.3) is 0 Å². The Morgan fingerprint density at radius 2 is 1.64 bits per heavy atom. The van der Waals surface area contributed by atoms with E-state index < -0.39 is 24.0 Å². The minimum absolute atomic E-state index is 0.0270. The molecule has 1 saturated heterocycles. The summed E-state index contributed by atoms with van der Waals surface area (Å²) < 4.78 is 5.57. The molecule has 1 aliphatic heterocycles. The summed E-state index contributed by atoms with van der Waals surface area (Å²) in [5, 5.41) is 24.7. The molecular formula is C39H52N4O4. The van der Waals surface area contributed by atoms with Crippen molar-refractivity contribution in [1.82, 2.24) is 21.3 Å². The van der Waals surface area contributed by atoms with Crippen molar-refractivity contribution in [2.24, 2.45) is 11.8 Å². The van der Waals surface area contributed by atoms with Crippen molar-refractivity contribution in [3.05, 3.63) is 94.6 Å². The Bertz CT molecular complexity index is 1480. The predicted octanol–water partition coefficient (Wildman–Crippen LogP) is 5.93. The SMILES string of the molecule is CC(C)(C)OC(=O)NC(CC1C=CC(C2CN[C@H](C(=O)N[C@@H]3CCCc4ccccc43)C2)=CC1)C(O)NC1CCCc2ccccc21. The highest BCUT2D eigenvalue weighted by atomic mass is 16.6. The first-order valence-corrected chi connectivity index (χ1v) is 17.6. The second kappa shape index (κ2) is 14.8. The molecule has 2 aromatic rings. The van der Waals surface area contributed by atoms with Gasteiger partial charge in [-0.15, -0.1) is 0 Å². The zero-order valence-corrected chi connectivity index (χ0v) is 28.1. The molecule has 5 unspecified atom stereocenters. The number of rotatable bonds is 9. The minimum Gasteiger partial charge on any atom is -0.444 e. The van der Waals surface area contributed by atoms with Gasteiger partial charge in [-0.1, -0.05) is 66.8 Å². The van der Waals surface area contributed by atoms with Crippen molar-refractivity contribution in [2.75, 3.05) is 6.54 Å². The third kappa shape index (κ3) is 8.53. The van der Waals surface area contributed by atoms with Crippen LogP contribution in [0.5, 0.6) is 0 Å². The predicted molar refractivity (Wildman–Crippen MR) is 185 cm³/mol. The molecule has 3 aliphatic carbocycles. The van der Waals surface area contributed by atoms with E-state index in [1.165, 1.54) is 27.8 Å². The minimum atomic E-state index is -0.938. The maximum Gasteiger partial charge on any atom is 0.408 e. The fourth-order valence-electron chi connectivity index (χ4n) is 7.83. The number of benzene rings is 2. The van der Waals surface area contributed by atoms with Gasteiger partial charge in [-0.05, 0) is 118 Å². The third-order valence-electron chi connectivity index (χ3n) is 10.2. The molecule has 1 fully saturated rings. The normalized spacial score (nSPS) is 26.7. The number of ether oxygens (including phenoxy) is 1. The van der Waals surface area contributed by atoms with Gasteiger partial charge in [0, 0.05) is 12.6 Å². The van der Waals surface area contributed by atoms with Crippen LogP contribution < -0.4 is 21.3 Å². The van der Waals surface area contributed by atoms with Gasteiger partial charge in [-0.3, -0.25) is 10.1 Å². The lowest BCUT2D eigenvalue weighted by atomic mass is 9.84. The maximum atomic E-state index is 13.3. The lowest BCUT2D eigenvalue weighted by Crippen LogP contribution is -2.52. The number of carbonyl (C=O) groups is 2. The summed E-state index contributed by atoms with van der Waals surface area (Å²) >= 11 is 0. The number of aliphatic hydroxyl groups is 1. The summed E-state index contributed by atoms with van der Waals surface area (Å²) in [6.07, 6.45) is 13.5. The van der Waals surface area contributed by atoms with Crippen LogP contribution in [0, 0.1) is 11.8 Å². The second-order valence-electron chi connectivity index (χ2n) is 14.8. The average Bonchev–Trinajstić information content (AvgIpc) is 3.55. The number of fused-ring (bicyclic) bond motifs is 2. The number of hydrogen-bond acceptors (Lipinski definition) is 6. The molecule has 8 nitrogen and oxygen atoms in total. The zero-order chi connectivity index (χ0) is 33.0. The molecule has 0 bridgehead atoms. The highest BCUT2D eigenvalue weighted by molar-refractivity contribution is 5.82. The Kier molecular flexibility index (Phi) is 10.5. The lowest BCUT2D eigenvalue weighted by Gasteiger charge is -2.34. The molecule has 2 amide bonds. The third-order valence-corrected chi connectivity index (χ3v) is 10.2. The van der Waals surface area contributed by atoms with Gasteiger partial charge >= 0.3 is 6.09 Å². The van der Waals surface area contributed by atoms with Gasteiger partial charge in [0.05, 0.1) is 18.1 Å². The van der Waals surface area contributed by atoms with Crippen LogP contribution in [0.4, 0.5) is 4.79 Å². The number of hydrogen-bond donors (Lipinski definition) is 5. The molecule has 0 aromatic heterocycles. The average molecular weight is 641 g/mol. The van der Waals surface area contributed by atoms with E-state index in [1.807, 2.05) is 26.8 Å². The quantitative estimate of drug-likeness (QED) is 0.217. The Balaban J connectivity index is 1.05. The van der Waals surface area contributed by atoms with Gasteiger partial charge in [-0.25, -0.2) is 4.79 Å². The molecule has 252 valence electrons. The van der Waals surface area contributed by atoms with E-state index in [-0.39, 0.29) is 35.9 Å². The summed E-state index contributed by atoms with van der Waals surface area (Å²) in [5.74, 6) is 0.509. The number of nitrogens with one attached hydrogen (secondary N) is 4. The highest BCUT2D eigenvalue weighted by Gasteiger charge is 2.34. The topological polar surface area (TPSA) is 112 Å². The van der Waals surface area contributed by atoms with E-state index in [0.717, 1.165) is 57.9 Å². The van der Waals surface area contributed by atoms with Crippen molar-refractivity contribution in [3.63, 3.8) is 0 Å². The molecule has 1 heterocycles. The van der Waals surface area contributed by atoms with Crippen molar-refractivity contribution in [3.8, 4) is 0 Å². The molecule has 5 N–H and O–H groups in total. The standard InChI is InChI=1S/C39H52N4O4/c1-39(2,3)47-38(46)43-35(37(45)42-33-17-9-13-28-11-5-7-15-31(28)33)22-25-18-20-26(21-19-25)29-23-34(40-24-29)36(44)41-32-16-8-12-27-10-4-6-14-30(27)32/h4-7,10-11,14-15,18,20-21,25,29,32-35,37,40,42,45H,8-9,12-13,16-17,19,22-24H2,1-3H3,(H,41,44)(H,43,46)/t25?,29?,32-,33?,34+,35?,37?/m1/s1. The molecule has 0 saturated carbocycles. The molecular weight excluding hydrogens is 588 g/mol. The van der Waals surface area contributed by atoms with Crippen LogP contribution in [0.1, 0.15) is 100 Å². The maximum absolute atomic E-state index is 13.3. The molecule has 2 aromatic carbocycles. The van der Waals surface area contributed by atoms with Gasteiger partial charge in [-0.2, -0.15) is 0 Å². The first-order chi connectivity index (χ1) is 22.6. The zero-order valence-electron chi connectivity index (χ0n) is 28.1. The van der Waals surface area contributed by atoms with Crippen molar-refractivity contribution < 1.29 is 19.4 Å². The summed E-state index contributed by atoms with van der Waals surface area (Å²) in [4.78, 5) is 26.2. The number of carbonyl (C=O) groups excluding carboxylic acids is 2. The molecule has 47 heavy (non-hydrogen) atoms. The van der Waals surface area contributed by atoms with E-state index in [9.17, 15) is 14.7 Å². The Hall–Kier alpha value is -3.46. The fourth-order valence-corrected chi connectivity index (χ4v) is 7.83. The summed E-state index contributed by atoms with van der Waals surface area (Å²) in [5.41, 5.74) is 5.76. The van der Waals surface area contributed by atoms with E-state index in [1.54, 1.807) is 0 Å². The van der Waals surface area contributed by atoms with Gasteiger partial charge in [0.15, 0.2) is 0 Å². The number of allylic oxidation sites excluding steroid dienone is 3. The smallest absolute Gasteiger partial charge is 0.408 e. The van der Waals surface area contributed by atoms with E-state index >= 15 is 0 Å². The largest absolute Gasteiger partial charge is 0.444 e. The molecule has 0 spiro atoms. The van der Waals surface area contributed by atoms with Gasteiger partial charge in [0.2, 0.25) is 5.91 Å². The Morgan fingerprint density at radius 1 is 0.979 bits per heavy atom. The number of aliphatic hydroxyl groups excluding tert-OH is 1. The molecule has 7 atom stereocenters. The van der Waals surface area contributed by atoms with Crippen LogP contribution in [0.15, 0.2) is 72.3 Å². The Morgan fingerprint density at radius 3 is 2.30 bits per heavy atom. The van der Waals surface area contributed by atoms with Crippen LogP contribution in [-0.4, -0.2) is 47.6 Å². The van der Waals surface area contributed by atoms with Crippen LogP contribution in [0.2, 0.25) is 0 Å². The van der Waals surface area contributed by atoms with E-state index in [2.05, 4.69) is 82.0 Å². The van der Waals surface area contributed by atoms with Crippen LogP contribution in [-0.2, 0) is 22.4 Å². The van der Waals surface area contributed by atoms with Crippen molar-refractivity contribution >= 4 is 12.0 Å². The van der Waals surface area contributed by atoms with Crippen LogP contribution in [0.3, 0.4) is 0 Å². The van der Waals surface area contributed by atoms with Gasteiger partial charge in [0.1, 0.15) is 11.8 Å².